The Morgan fingerprint density at radius 3 is 2.52 bits per heavy atom. The molecule has 2 rings (SSSR count). The van der Waals surface area contributed by atoms with Crippen LogP contribution in [0, 0.1) is 18.6 Å². The fourth-order valence-electron chi connectivity index (χ4n) is 2.48. The van der Waals surface area contributed by atoms with E-state index >= 15 is 0 Å². The maximum Gasteiger partial charge on any atom is 0.126 e. The summed E-state index contributed by atoms with van der Waals surface area (Å²) in [6.45, 7) is 4.76. The number of rotatable bonds is 6. The van der Waals surface area contributed by atoms with E-state index in [1.807, 2.05) is 19.1 Å². The summed E-state index contributed by atoms with van der Waals surface area (Å²) in [5, 5.41) is 3.38. The first kappa shape index (κ1) is 15.6. The fourth-order valence-corrected chi connectivity index (χ4v) is 2.48. The van der Waals surface area contributed by atoms with Crippen molar-refractivity contribution in [3.8, 4) is 0 Å². The van der Waals surface area contributed by atoms with Gasteiger partial charge in [0.1, 0.15) is 11.6 Å². The lowest BCUT2D eigenvalue weighted by atomic mass is 9.97. The van der Waals surface area contributed by atoms with Gasteiger partial charge in [-0.1, -0.05) is 31.2 Å². The first-order valence-electron chi connectivity index (χ1n) is 7.34. The summed E-state index contributed by atoms with van der Waals surface area (Å²) in [7, 11) is 0. The van der Waals surface area contributed by atoms with Gasteiger partial charge in [-0.2, -0.15) is 0 Å². The standard InChI is InChI=1S/C18H21F2N/c1-3-8-21-18(12-14-6-4-5-7-17(14)20)15-9-13(2)10-16(19)11-15/h4-7,9-11,18,21H,3,8,12H2,1-2H3. The Bertz CT molecular complexity index is 575. The molecule has 0 aliphatic heterocycles. The molecule has 2 aromatic carbocycles. The molecule has 21 heavy (non-hydrogen) atoms. The van der Waals surface area contributed by atoms with Gasteiger partial charge in [-0.05, 0) is 61.2 Å². The molecule has 0 bridgehead atoms. The Hall–Kier alpha value is -1.74. The lowest BCUT2D eigenvalue weighted by Gasteiger charge is -2.20. The number of hydrogen-bond donors (Lipinski definition) is 1. The van der Waals surface area contributed by atoms with Crippen LogP contribution in [-0.2, 0) is 6.42 Å². The lowest BCUT2D eigenvalue weighted by molar-refractivity contribution is 0.509. The second kappa shape index (κ2) is 7.32. The van der Waals surface area contributed by atoms with Crippen LogP contribution >= 0.6 is 0 Å². The summed E-state index contributed by atoms with van der Waals surface area (Å²) in [6, 6.07) is 11.6. The molecule has 0 spiro atoms. The first-order valence-corrected chi connectivity index (χ1v) is 7.34. The first-order chi connectivity index (χ1) is 10.1. The van der Waals surface area contributed by atoms with E-state index in [2.05, 4.69) is 12.2 Å². The molecule has 112 valence electrons. The van der Waals surface area contributed by atoms with E-state index in [0.717, 1.165) is 24.1 Å². The molecule has 0 saturated carbocycles. The van der Waals surface area contributed by atoms with Crippen molar-refractivity contribution < 1.29 is 8.78 Å². The van der Waals surface area contributed by atoms with E-state index < -0.39 is 0 Å². The van der Waals surface area contributed by atoms with Gasteiger partial charge in [0.15, 0.2) is 0 Å². The number of hydrogen-bond acceptors (Lipinski definition) is 1. The van der Waals surface area contributed by atoms with Gasteiger partial charge in [0.05, 0.1) is 0 Å². The van der Waals surface area contributed by atoms with E-state index in [4.69, 9.17) is 0 Å². The SMILES string of the molecule is CCCNC(Cc1ccccc1F)c1cc(C)cc(F)c1. The van der Waals surface area contributed by atoms with E-state index in [-0.39, 0.29) is 17.7 Å². The zero-order valence-corrected chi connectivity index (χ0v) is 12.5. The topological polar surface area (TPSA) is 12.0 Å². The minimum absolute atomic E-state index is 0.0868. The van der Waals surface area contributed by atoms with Crippen LogP contribution in [0.2, 0.25) is 0 Å². The van der Waals surface area contributed by atoms with Crippen molar-refractivity contribution in [1.82, 2.24) is 5.32 Å². The third kappa shape index (κ3) is 4.36. The zero-order chi connectivity index (χ0) is 15.2. The Morgan fingerprint density at radius 2 is 1.86 bits per heavy atom. The van der Waals surface area contributed by atoms with Crippen LogP contribution in [0.4, 0.5) is 8.78 Å². The lowest BCUT2D eigenvalue weighted by Crippen LogP contribution is -2.24. The van der Waals surface area contributed by atoms with Crippen LogP contribution in [0.3, 0.4) is 0 Å². The van der Waals surface area contributed by atoms with Crippen LogP contribution in [-0.4, -0.2) is 6.54 Å². The molecule has 0 aliphatic rings. The van der Waals surface area contributed by atoms with E-state index in [0.29, 0.717) is 12.0 Å². The number of benzene rings is 2. The van der Waals surface area contributed by atoms with Crippen molar-refractivity contribution in [2.45, 2.75) is 32.7 Å². The number of nitrogens with one attached hydrogen (secondary N) is 1. The zero-order valence-electron chi connectivity index (χ0n) is 12.5. The van der Waals surface area contributed by atoms with Gasteiger partial charge in [0.25, 0.3) is 0 Å². The molecule has 0 amide bonds. The van der Waals surface area contributed by atoms with Gasteiger partial charge in [0.2, 0.25) is 0 Å². The fraction of sp³-hybridized carbons (Fsp3) is 0.333. The molecule has 3 heteroatoms. The summed E-state index contributed by atoms with van der Waals surface area (Å²) in [5.41, 5.74) is 2.39. The minimum Gasteiger partial charge on any atom is -0.310 e. The molecule has 0 saturated heterocycles. The van der Waals surface area contributed by atoms with Gasteiger partial charge in [-0.25, -0.2) is 8.78 Å². The van der Waals surface area contributed by atoms with Crippen molar-refractivity contribution >= 4 is 0 Å². The third-order valence-corrected chi connectivity index (χ3v) is 3.49. The predicted octanol–water partition coefficient (Wildman–Crippen LogP) is 4.56. The van der Waals surface area contributed by atoms with Gasteiger partial charge in [0, 0.05) is 6.04 Å². The minimum atomic E-state index is -0.248. The molecular formula is C18H21F2N. The van der Waals surface area contributed by atoms with Crippen molar-refractivity contribution in [3.05, 3.63) is 70.8 Å². The average molecular weight is 289 g/mol. The number of aryl methyl sites for hydroxylation is 1. The Kier molecular flexibility index (Phi) is 5.45. The molecule has 0 fully saturated rings. The Labute approximate surface area is 125 Å². The molecule has 0 aromatic heterocycles. The monoisotopic (exact) mass is 289 g/mol. The molecule has 0 heterocycles. The van der Waals surface area contributed by atoms with Crippen molar-refractivity contribution in [2.75, 3.05) is 6.54 Å². The molecule has 1 unspecified atom stereocenters. The molecule has 1 atom stereocenters. The summed E-state index contributed by atoms with van der Waals surface area (Å²) in [4.78, 5) is 0. The summed E-state index contributed by atoms with van der Waals surface area (Å²) in [6.07, 6.45) is 1.48. The largest absolute Gasteiger partial charge is 0.310 e. The van der Waals surface area contributed by atoms with Crippen LogP contribution in [0.25, 0.3) is 0 Å². The Morgan fingerprint density at radius 1 is 1.10 bits per heavy atom. The second-order valence-electron chi connectivity index (χ2n) is 5.36. The molecule has 0 aliphatic carbocycles. The van der Waals surface area contributed by atoms with Crippen molar-refractivity contribution in [3.63, 3.8) is 0 Å². The van der Waals surface area contributed by atoms with E-state index in [1.54, 1.807) is 12.1 Å². The molecule has 1 nitrogen and oxygen atoms in total. The highest BCUT2D eigenvalue weighted by molar-refractivity contribution is 5.29. The van der Waals surface area contributed by atoms with Crippen LogP contribution < -0.4 is 5.32 Å². The van der Waals surface area contributed by atoms with Crippen molar-refractivity contribution in [2.24, 2.45) is 0 Å². The highest BCUT2D eigenvalue weighted by atomic mass is 19.1. The molecule has 1 N–H and O–H groups in total. The summed E-state index contributed by atoms with van der Waals surface area (Å²) < 4.78 is 27.5. The third-order valence-electron chi connectivity index (χ3n) is 3.49. The summed E-state index contributed by atoms with van der Waals surface area (Å²) >= 11 is 0. The highest BCUT2D eigenvalue weighted by Gasteiger charge is 2.15. The smallest absolute Gasteiger partial charge is 0.126 e. The molecular weight excluding hydrogens is 268 g/mol. The van der Waals surface area contributed by atoms with Crippen molar-refractivity contribution in [1.29, 1.82) is 0 Å². The average Bonchev–Trinajstić information content (AvgIpc) is 2.44. The van der Waals surface area contributed by atoms with E-state index in [1.165, 1.54) is 18.2 Å². The molecule has 2 aromatic rings. The van der Waals surface area contributed by atoms with Gasteiger partial charge >= 0.3 is 0 Å². The van der Waals surface area contributed by atoms with Gasteiger partial charge < -0.3 is 5.32 Å². The van der Waals surface area contributed by atoms with Crippen LogP contribution in [0.5, 0.6) is 0 Å². The second-order valence-corrected chi connectivity index (χ2v) is 5.36. The quantitative estimate of drug-likeness (QED) is 0.822. The maximum atomic E-state index is 13.8. The normalized spacial score (nSPS) is 12.4. The van der Waals surface area contributed by atoms with Crippen LogP contribution in [0.1, 0.15) is 36.1 Å². The van der Waals surface area contributed by atoms with Gasteiger partial charge in [-0.15, -0.1) is 0 Å². The Balaban J connectivity index is 2.27. The highest BCUT2D eigenvalue weighted by Crippen LogP contribution is 2.22. The summed E-state index contributed by atoms with van der Waals surface area (Å²) in [5.74, 6) is -0.462. The number of halogens is 2. The van der Waals surface area contributed by atoms with Crippen LogP contribution in [0.15, 0.2) is 42.5 Å². The predicted molar refractivity (Wildman–Crippen MR) is 82.3 cm³/mol. The molecule has 0 radical (unpaired) electrons. The van der Waals surface area contributed by atoms with E-state index in [9.17, 15) is 8.78 Å². The van der Waals surface area contributed by atoms with Gasteiger partial charge in [-0.3, -0.25) is 0 Å². The maximum absolute atomic E-state index is 13.8.